The molecule has 0 aliphatic heterocycles. The van der Waals surface area contributed by atoms with E-state index in [0.29, 0.717) is 12.2 Å². The molecule has 0 radical (unpaired) electrons. The van der Waals surface area contributed by atoms with Crippen molar-refractivity contribution in [3.63, 3.8) is 0 Å². The van der Waals surface area contributed by atoms with Crippen LogP contribution in [0.5, 0.6) is 0 Å². The van der Waals surface area contributed by atoms with Crippen LogP contribution in [0, 0.1) is 0 Å². The number of esters is 1. The van der Waals surface area contributed by atoms with Crippen LogP contribution < -0.4 is 10.6 Å². The molecule has 102 valence electrons. The number of ether oxygens (including phenoxy) is 1. The summed E-state index contributed by atoms with van der Waals surface area (Å²) in [6, 6.07) is 2.49. The Bertz CT molecular complexity index is 470. The van der Waals surface area contributed by atoms with Gasteiger partial charge in [0, 0.05) is 19.7 Å². The predicted molar refractivity (Wildman–Crippen MR) is 66.2 cm³/mol. The third-order valence-electron chi connectivity index (χ3n) is 2.07. The van der Waals surface area contributed by atoms with Gasteiger partial charge in [0.25, 0.3) is 5.91 Å². The monoisotopic (exact) mass is 265 g/mol. The largest absolute Gasteiger partial charge is 0.459 e. The number of rotatable bonds is 4. The number of nitrogens with zero attached hydrogens (tertiary/aromatic N) is 1. The van der Waals surface area contributed by atoms with Crippen LogP contribution in [0.2, 0.25) is 0 Å². The Balaban J connectivity index is 2.57. The van der Waals surface area contributed by atoms with Crippen molar-refractivity contribution in [3.05, 3.63) is 29.6 Å². The van der Waals surface area contributed by atoms with E-state index < -0.39 is 17.9 Å². The van der Waals surface area contributed by atoms with Crippen LogP contribution in [0.3, 0.4) is 0 Å². The number of hydrogen-bond donors (Lipinski definition) is 2. The summed E-state index contributed by atoms with van der Waals surface area (Å²) in [4.78, 5) is 37.3. The van der Waals surface area contributed by atoms with Gasteiger partial charge in [-0.15, -0.1) is 0 Å². The van der Waals surface area contributed by atoms with Gasteiger partial charge in [0.05, 0.1) is 11.3 Å². The summed E-state index contributed by atoms with van der Waals surface area (Å²) < 4.78 is 4.76. The lowest BCUT2D eigenvalue weighted by molar-refractivity contribution is -0.142. The first-order chi connectivity index (χ1) is 9.02. The Kier molecular flexibility index (Phi) is 5.46. The molecule has 7 heteroatoms. The average Bonchev–Trinajstić information content (AvgIpc) is 2.37. The first kappa shape index (κ1) is 14.6. The highest BCUT2D eigenvalue weighted by atomic mass is 16.5. The van der Waals surface area contributed by atoms with Crippen molar-refractivity contribution in [1.29, 1.82) is 0 Å². The number of nitrogens with one attached hydrogen (secondary N) is 2. The van der Waals surface area contributed by atoms with Gasteiger partial charge in [0.1, 0.15) is 6.61 Å². The molecule has 1 rings (SSSR count). The van der Waals surface area contributed by atoms with Gasteiger partial charge in [0.2, 0.25) is 0 Å². The quantitative estimate of drug-likeness (QED) is 0.777. The van der Waals surface area contributed by atoms with Gasteiger partial charge in [-0.25, -0.2) is 4.79 Å². The summed E-state index contributed by atoms with van der Waals surface area (Å²) in [6.45, 7) is 3.52. The fraction of sp³-hybridized carbons (Fsp3) is 0.333. The fourth-order valence-electron chi connectivity index (χ4n) is 1.20. The van der Waals surface area contributed by atoms with Crippen molar-refractivity contribution in [2.45, 2.75) is 20.5 Å². The number of pyridine rings is 1. The standard InChI is InChI=1S/C12H15N3O4/c1-3-13-12(18)15-11(17)9-4-5-10(14-6-9)7-19-8(2)16/h4-6H,3,7H2,1-2H3,(H2,13,15,17,18). The number of urea groups is 1. The van der Waals surface area contributed by atoms with Crippen LogP contribution in [0.15, 0.2) is 18.3 Å². The Morgan fingerprint density at radius 2 is 2.05 bits per heavy atom. The molecule has 0 aromatic carbocycles. The maximum absolute atomic E-state index is 11.6. The van der Waals surface area contributed by atoms with E-state index in [4.69, 9.17) is 4.74 Å². The van der Waals surface area contributed by atoms with Crippen molar-refractivity contribution in [2.24, 2.45) is 0 Å². The van der Waals surface area contributed by atoms with E-state index in [1.165, 1.54) is 19.2 Å². The Morgan fingerprint density at radius 3 is 2.58 bits per heavy atom. The van der Waals surface area contributed by atoms with Crippen molar-refractivity contribution in [3.8, 4) is 0 Å². The normalized spacial score (nSPS) is 9.58. The highest BCUT2D eigenvalue weighted by Crippen LogP contribution is 2.02. The highest BCUT2D eigenvalue weighted by Gasteiger charge is 2.10. The number of imide groups is 1. The molecule has 3 amide bonds. The summed E-state index contributed by atoms with van der Waals surface area (Å²) >= 11 is 0. The third kappa shape index (κ3) is 5.15. The third-order valence-corrected chi connectivity index (χ3v) is 2.07. The summed E-state index contributed by atoms with van der Waals surface area (Å²) in [7, 11) is 0. The van der Waals surface area contributed by atoms with E-state index in [-0.39, 0.29) is 12.2 Å². The molecule has 0 unspecified atom stereocenters. The lowest BCUT2D eigenvalue weighted by atomic mass is 10.2. The zero-order valence-electron chi connectivity index (χ0n) is 10.7. The first-order valence-corrected chi connectivity index (χ1v) is 5.70. The molecule has 19 heavy (non-hydrogen) atoms. The maximum atomic E-state index is 11.6. The van der Waals surface area contributed by atoms with E-state index in [9.17, 15) is 14.4 Å². The van der Waals surface area contributed by atoms with Crippen LogP contribution in [0.1, 0.15) is 29.9 Å². The fourth-order valence-corrected chi connectivity index (χ4v) is 1.20. The lowest BCUT2D eigenvalue weighted by Crippen LogP contribution is -2.39. The molecule has 0 spiro atoms. The Morgan fingerprint density at radius 1 is 1.32 bits per heavy atom. The second kappa shape index (κ2) is 7.10. The summed E-state index contributed by atoms with van der Waals surface area (Å²) in [5.41, 5.74) is 0.766. The zero-order valence-corrected chi connectivity index (χ0v) is 10.7. The van der Waals surface area contributed by atoms with Gasteiger partial charge >= 0.3 is 12.0 Å². The van der Waals surface area contributed by atoms with Crippen molar-refractivity contribution in [1.82, 2.24) is 15.6 Å². The molecular weight excluding hydrogens is 250 g/mol. The van der Waals surface area contributed by atoms with Crippen LogP contribution in [-0.2, 0) is 16.1 Å². The van der Waals surface area contributed by atoms with Crippen LogP contribution in [-0.4, -0.2) is 29.4 Å². The van der Waals surface area contributed by atoms with Gasteiger partial charge < -0.3 is 10.1 Å². The number of carbonyl (C=O) groups is 3. The molecule has 2 N–H and O–H groups in total. The van der Waals surface area contributed by atoms with E-state index in [1.54, 1.807) is 13.0 Å². The van der Waals surface area contributed by atoms with Crippen LogP contribution in [0.25, 0.3) is 0 Å². The molecule has 7 nitrogen and oxygen atoms in total. The summed E-state index contributed by atoms with van der Waals surface area (Å²) in [5, 5.41) is 4.59. The Hall–Kier alpha value is -2.44. The van der Waals surface area contributed by atoms with Gasteiger partial charge in [-0.05, 0) is 19.1 Å². The van der Waals surface area contributed by atoms with E-state index in [2.05, 4.69) is 15.6 Å². The predicted octanol–water partition coefficient (Wildman–Crippen LogP) is 0.604. The summed E-state index contributed by atoms with van der Waals surface area (Å²) in [5.74, 6) is -0.947. The number of amides is 3. The van der Waals surface area contributed by atoms with E-state index in [0.717, 1.165) is 0 Å². The zero-order chi connectivity index (χ0) is 14.3. The van der Waals surface area contributed by atoms with Gasteiger partial charge in [0.15, 0.2) is 0 Å². The smallest absolute Gasteiger partial charge is 0.321 e. The van der Waals surface area contributed by atoms with E-state index in [1.807, 2.05) is 0 Å². The number of hydrogen-bond acceptors (Lipinski definition) is 5. The maximum Gasteiger partial charge on any atom is 0.321 e. The molecular formula is C12H15N3O4. The topological polar surface area (TPSA) is 97.4 Å². The molecule has 0 aliphatic carbocycles. The Labute approximate surface area is 110 Å². The summed E-state index contributed by atoms with van der Waals surface area (Å²) in [6.07, 6.45) is 1.31. The molecule has 0 saturated carbocycles. The second-order valence-corrected chi connectivity index (χ2v) is 3.63. The minimum Gasteiger partial charge on any atom is -0.459 e. The molecule has 0 fully saturated rings. The van der Waals surface area contributed by atoms with Crippen molar-refractivity contribution < 1.29 is 19.1 Å². The molecule has 1 aromatic heterocycles. The molecule has 0 atom stereocenters. The highest BCUT2D eigenvalue weighted by molar-refractivity contribution is 6.03. The minimum atomic E-state index is -0.559. The van der Waals surface area contributed by atoms with E-state index >= 15 is 0 Å². The van der Waals surface area contributed by atoms with Crippen molar-refractivity contribution in [2.75, 3.05) is 6.54 Å². The molecule has 0 aliphatic rings. The average molecular weight is 265 g/mol. The lowest BCUT2D eigenvalue weighted by Gasteiger charge is -2.05. The molecule has 0 bridgehead atoms. The van der Waals surface area contributed by atoms with Crippen LogP contribution in [0.4, 0.5) is 4.79 Å². The molecule has 1 heterocycles. The SMILES string of the molecule is CCNC(=O)NC(=O)c1ccc(COC(C)=O)nc1. The van der Waals surface area contributed by atoms with Gasteiger partial charge in [-0.2, -0.15) is 0 Å². The van der Waals surface area contributed by atoms with Crippen molar-refractivity contribution >= 4 is 17.9 Å². The minimum absolute atomic E-state index is 0.0492. The number of aromatic nitrogens is 1. The molecule has 1 aromatic rings. The second-order valence-electron chi connectivity index (χ2n) is 3.63. The first-order valence-electron chi connectivity index (χ1n) is 5.70. The van der Waals surface area contributed by atoms with Gasteiger partial charge in [-0.3, -0.25) is 19.9 Å². The van der Waals surface area contributed by atoms with Gasteiger partial charge in [-0.1, -0.05) is 0 Å². The number of carbonyl (C=O) groups excluding carboxylic acids is 3. The molecule has 0 saturated heterocycles. The van der Waals surface area contributed by atoms with Crippen LogP contribution >= 0.6 is 0 Å².